The van der Waals surface area contributed by atoms with E-state index in [1.54, 1.807) is 18.4 Å². The Hall–Kier alpha value is -2.81. The van der Waals surface area contributed by atoms with E-state index in [-0.39, 0.29) is 29.8 Å². The predicted octanol–water partition coefficient (Wildman–Crippen LogP) is 4.45. The number of likely N-dealkylation sites (tertiary alicyclic amines) is 1. The van der Waals surface area contributed by atoms with Crippen LogP contribution in [0.1, 0.15) is 49.2 Å². The highest BCUT2D eigenvalue weighted by Gasteiger charge is 2.40. The van der Waals surface area contributed by atoms with E-state index < -0.39 is 6.04 Å². The van der Waals surface area contributed by atoms with Crippen molar-refractivity contribution < 1.29 is 14.3 Å². The lowest BCUT2D eigenvalue weighted by atomic mass is 9.90. The maximum Gasteiger partial charge on any atom is 0.246 e. The van der Waals surface area contributed by atoms with Gasteiger partial charge in [-0.1, -0.05) is 36.4 Å². The maximum absolute atomic E-state index is 14.0. The minimum atomic E-state index is -0.548. The number of nitrogens with one attached hydrogen (secondary N) is 2. The highest BCUT2D eigenvalue weighted by atomic mass is 32.1. The van der Waals surface area contributed by atoms with Crippen LogP contribution in [-0.4, -0.2) is 60.6 Å². The van der Waals surface area contributed by atoms with Crippen LogP contribution in [0.5, 0.6) is 0 Å². The Kier molecular flexibility index (Phi) is 7.88. The standard InChI is InChI=1S/C29H36N4O3S/c1-18-10-11-23(22-8-5-4-7-21(18)22)24-17-37-28(31-24)25-9-6-14-33(25)29(35)26(20-12-15-36-16-13-20)32-27(34)19(2)30-3/h4-5,7-8,10-11,17,19-20,25-26,30H,6,9,12-16H2,1-3H3,(H,32,34)/t19-,25-,26-/m0/s1. The Morgan fingerprint density at radius 1 is 1.11 bits per heavy atom. The summed E-state index contributed by atoms with van der Waals surface area (Å²) in [6.45, 7) is 5.87. The molecule has 3 heterocycles. The van der Waals surface area contributed by atoms with Gasteiger partial charge in [-0.25, -0.2) is 4.98 Å². The number of nitrogens with zero attached hydrogens (tertiary/aromatic N) is 2. The second kappa shape index (κ2) is 11.3. The summed E-state index contributed by atoms with van der Waals surface area (Å²) in [6.07, 6.45) is 3.35. The van der Waals surface area contributed by atoms with Crippen LogP contribution in [0.15, 0.2) is 41.8 Å². The predicted molar refractivity (Wildman–Crippen MR) is 147 cm³/mol. The molecule has 196 valence electrons. The van der Waals surface area contributed by atoms with Crippen LogP contribution in [-0.2, 0) is 14.3 Å². The molecule has 0 spiro atoms. The fraction of sp³-hybridized carbons (Fsp3) is 0.483. The van der Waals surface area contributed by atoms with Crippen molar-refractivity contribution in [1.82, 2.24) is 20.5 Å². The number of carbonyl (C=O) groups is 2. The average molecular weight is 521 g/mol. The number of aromatic nitrogens is 1. The van der Waals surface area contributed by atoms with Gasteiger partial charge in [0.2, 0.25) is 11.8 Å². The highest BCUT2D eigenvalue weighted by molar-refractivity contribution is 7.10. The number of likely N-dealkylation sites (N-methyl/N-ethyl adjacent to an activating group) is 1. The maximum atomic E-state index is 14.0. The molecule has 2 saturated heterocycles. The quantitative estimate of drug-likeness (QED) is 0.481. The van der Waals surface area contributed by atoms with Gasteiger partial charge in [0.25, 0.3) is 0 Å². The van der Waals surface area contributed by atoms with Gasteiger partial charge >= 0.3 is 0 Å². The minimum absolute atomic E-state index is 0.00332. The van der Waals surface area contributed by atoms with E-state index in [4.69, 9.17) is 9.72 Å². The van der Waals surface area contributed by atoms with Gasteiger partial charge in [0.05, 0.1) is 17.8 Å². The lowest BCUT2D eigenvalue weighted by Crippen LogP contribution is -2.56. The molecular formula is C29H36N4O3S. The van der Waals surface area contributed by atoms with Crippen molar-refractivity contribution in [2.24, 2.45) is 5.92 Å². The summed E-state index contributed by atoms with van der Waals surface area (Å²) in [6, 6.07) is 11.7. The molecule has 2 aliphatic heterocycles. The van der Waals surface area contributed by atoms with Crippen LogP contribution >= 0.6 is 11.3 Å². The number of hydrogen-bond acceptors (Lipinski definition) is 6. The Bertz CT molecular complexity index is 1270. The van der Waals surface area contributed by atoms with Crippen LogP contribution in [0.4, 0.5) is 0 Å². The first kappa shape index (κ1) is 25.8. The lowest BCUT2D eigenvalue weighted by molar-refractivity contribution is -0.140. The van der Waals surface area contributed by atoms with Crippen molar-refractivity contribution in [1.29, 1.82) is 0 Å². The number of fused-ring (bicyclic) bond motifs is 1. The molecule has 0 bridgehead atoms. The third-order valence-corrected chi connectivity index (χ3v) is 8.83. The topological polar surface area (TPSA) is 83.6 Å². The van der Waals surface area contributed by atoms with E-state index in [0.717, 1.165) is 41.9 Å². The number of rotatable bonds is 7. The van der Waals surface area contributed by atoms with E-state index in [1.807, 2.05) is 11.8 Å². The van der Waals surface area contributed by atoms with Gasteiger partial charge in [0.1, 0.15) is 11.0 Å². The van der Waals surface area contributed by atoms with Crippen molar-refractivity contribution >= 4 is 33.9 Å². The monoisotopic (exact) mass is 520 g/mol. The molecule has 0 aliphatic carbocycles. The molecule has 2 aromatic carbocycles. The number of aryl methyl sites for hydroxylation is 1. The Morgan fingerprint density at radius 2 is 1.86 bits per heavy atom. The van der Waals surface area contributed by atoms with E-state index >= 15 is 0 Å². The van der Waals surface area contributed by atoms with Gasteiger partial charge in [0, 0.05) is 30.7 Å². The molecule has 2 aliphatic rings. The molecule has 8 heteroatoms. The van der Waals surface area contributed by atoms with Crippen molar-refractivity contribution in [3.63, 3.8) is 0 Å². The second-order valence-corrected chi connectivity index (χ2v) is 11.1. The number of ether oxygens (including phenoxy) is 1. The number of hydrogen-bond donors (Lipinski definition) is 2. The number of thiazole rings is 1. The van der Waals surface area contributed by atoms with E-state index in [2.05, 4.69) is 59.3 Å². The Balaban J connectivity index is 1.41. The van der Waals surface area contributed by atoms with Gasteiger partial charge in [0.15, 0.2) is 0 Å². The zero-order valence-corrected chi connectivity index (χ0v) is 22.6. The second-order valence-electron chi connectivity index (χ2n) is 10.2. The fourth-order valence-electron chi connectivity index (χ4n) is 5.54. The van der Waals surface area contributed by atoms with Crippen LogP contribution in [0, 0.1) is 12.8 Å². The minimum Gasteiger partial charge on any atom is -0.381 e. The lowest BCUT2D eigenvalue weighted by Gasteiger charge is -2.35. The SMILES string of the molecule is CN[C@@H](C)C(=O)N[C@H](C(=O)N1CCC[C@H]1c1nc(-c2ccc(C)c3ccccc23)cs1)C1CCOCC1. The molecule has 1 aromatic heterocycles. The first-order chi connectivity index (χ1) is 18.0. The molecule has 3 atom stereocenters. The molecule has 0 radical (unpaired) electrons. The molecule has 2 amide bonds. The van der Waals surface area contributed by atoms with Crippen molar-refractivity contribution in [2.75, 3.05) is 26.8 Å². The van der Waals surface area contributed by atoms with Gasteiger partial charge in [-0.2, -0.15) is 0 Å². The number of amides is 2. The molecule has 2 N–H and O–H groups in total. The zero-order chi connectivity index (χ0) is 25.9. The third kappa shape index (κ3) is 5.28. The molecule has 7 nitrogen and oxygen atoms in total. The molecule has 37 heavy (non-hydrogen) atoms. The van der Waals surface area contributed by atoms with Crippen LogP contribution < -0.4 is 10.6 Å². The van der Waals surface area contributed by atoms with Crippen molar-refractivity contribution in [3.8, 4) is 11.3 Å². The highest BCUT2D eigenvalue weighted by Crippen LogP contribution is 2.38. The van der Waals surface area contributed by atoms with Gasteiger partial charge < -0.3 is 20.3 Å². The Morgan fingerprint density at radius 3 is 2.62 bits per heavy atom. The number of carbonyl (C=O) groups excluding carboxylic acids is 2. The van der Waals surface area contributed by atoms with Gasteiger partial charge in [-0.05, 0) is 68.8 Å². The third-order valence-electron chi connectivity index (χ3n) is 7.89. The fourth-order valence-corrected chi connectivity index (χ4v) is 6.51. The van der Waals surface area contributed by atoms with Gasteiger partial charge in [-0.15, -0.1) is 11.3 Å². The van der Waals surface area contributed by atoms with Crippen molar-refractivity contribution in [3.05, 3.63) is 52.3 Å². The summed E-state index contributed by atoms with van der Waals surface area (Å²) < 4.78 is 5.54. The average Bonchev–Trinajstić information content (AvgIpc) is 3.62. The van der Waals surface area contributed by atoms with Crippen LogP contribution in [0.3, 0.4) is 0 Å². The largest absolute Gasteiger partial charge is 0.381 e. The molecule has 2 fully saturated rings. The van der Waals surface area contributed by atoms with E-state index in [1.165, 1.54) is 16.3 Å². The zero-order valence-electron chi connectivity index (χ0n) is 21.8. The summed E-state index contributed by atoms with van der Waals surface area (Å²) in [5, 5.41) is 11.6. The van der Waals surface area contributed by atoms with Crippen LogP contribution in [0.25, 0.3) is 22.0 Å². The molecule has 5 rings (SSSR count). The smallest absolute Gasteiger partial charge is 0.246 e. The van der Waals surface area contributed by atoms with Crippen molar-refractivity contribution in [2.45, 2.75) is 57.7 Å². The molecule has 0 unspecified atom stereocenters. The summed E-state index contributed by atoms with van der Waals surface area (Å²) in [5.41, 5.74) is 3.32. The van der Waals surface area contributed by atoms with Crippen LogP contribution in [0.2, 0.25) is 0 Å². The van der Waals surface area contributed by atoms with E-state index in [0.29, 0.717) is 19.8 Å². The molecule has 0 saturated carbocycles. The first-order valence-corrected chi connectivity index (χ1v) is 14.2. The number of benzene rings is 2. The summed E-state index contributed by atoms with van der Waals surface area (Å²) in [7, 11) is 1.75. The van der Waals surface area contributed by atoms with E-state index in [9.17, 15) is 9.59 Å². The summed E-state index contributed by atoms with van der Waals surface area (Å²) >= 11 is 1.62. The summed E-state index contributed by atoms with van der Waals surface area (Å²) in [5.74, 6) is -0.0734. The normalized spacial score (nSPS) is 20.2. The Labute approximate surface area is 222 Å². The summed E-state index contributed by atoms with van der Waals surface area (Å²) in [4.78, 5) is 33.8. The molecular weight excluding hydrogens is 484 g/mol. The first-order valence-electron chi connectivity index (χ1n) is 13.3. The molecule has 3 aromatic rings. The van der Waals surface area contributed by atoms with Gasteiger partial charge in [-0.3, -0.25) is 9.59 Å².